The molecule has 5 heteroatoms. The number of piperidine rings is 1. The molecule has 2 aromatic carbocycles. The molecule has 0 spiro atoms. The summed E-state index contributed by atoms with van der Waals surface area (Å²) in [5.74, 6) is 0.154. The van der Waals surface area contributed by atoms with Crippen molar-refractivity contribution in [3.63, 3.8) is 0 Å². The Balaban J connectivity index is 1.40. The van der Waals surface area contributed by atoms with E-state index in [0.717, 1.165) is 48.4 Å². The molecule has 1 aliphatic heterocycles. The number of amides is 1. The highest BCUT2D eigenvalue weighted by Gasteiger charge is 2.24. The molecule has 150 valence electrons. The van der Waals surface area contributed by atoms with E-state index in [-0.39, 0.29) is 5.91 Å². The minimum absolute atomic E-state index is 0.154. The van der Waals surface area contributed by atoms with Crippen molar-refractivity contribution in [2.75, 3.05) is 11.9 Å². The van der Waals surface area contributed by atoms with Gasteiger partial charge < -0.3 is 10.2 Å². The van der Waals surface area contributed by atoms with Crippen LogP contribution in [0.25, 0.3) is 5.69 Å². The fraction of sp³-hybridized carbons (Fsp3) is 0.333. The van der Waals surface area contributed by atoms with Gasteiger partial charge in [-0.05, 0) is 80.6 Å². The SMILES string of the molecule is Cc1cc(C(=O)N2CCCC[C@@H]2C)ccc1NCc1ccc(-n2cccn2)cc1. The minimum Gasteiger partial charge on any atom is -0.381 e. The first kappa shape index (κ1) is 19.2. The second-order valence-corrected chi connectivity index (χ2v) is 7.84. The van der Waals surface area contributed by atoms with Gasteiger partial charge in [-0.1, -0.05) is 12.1 Å². The van der Waals surface area contributed by atoms with E-state index in [1.165, 1.54) is 12.0 Å². The van der Waals surface area contributed by atoms with E-state index in [0.29, 0.717) is 6.04 Å². The third-order valence-corrected chi connectivity index (χ3v) is 5.73. The lowest BCUT2D eigenvalue weighted by Gasteiger charge is -2.33. The molecule has 0 saturated carbocycles. The van der Waals surface area contributed by atoms with Crippen LogP contribution in [-0.2, 0) is 6.54 Å². The van der Waals surface area contributed by atoms with Crippen LogP contribution in [0, 0.1) is 6.92 Å². The van der Waals surface area contributed by atoms with Gasteiger partial charge in [0.05, 0.1) is 5.69 Å². The topological polar surface area (TPSA) is 50.2 Å². The Hall–Kier alpha value is -3.08. The number of hydrogen-bond donors (Lipinski definition) is 1. The maximum atomic E-state index is 12.9. The fourth-order valence-corrected chi connectivity index (χ4v) is 3.95. The van der Waals surface area contributed by atoms with Crippen LogP contribution in [0.3, 0.4) is 0 Å². The summed E-state index contributed by atoms with van der Waals surface area (Å²) in [4.78, 5) is 14.9. The van der Waals surface area contributed by atoms with Crippen molar-refractivity contribution in [2.45, 2.75) is 45.7 Å². The van der Waals surface area contributed by atoms with Gasteiger partial charge in [-0.25, -0.2) is 4.68 Å². The molecule has 1 amide bonds. The van der Waals surface area contributed by atoms with Crippen LogP contribution >= 0.6 is 0 Å². The van der Waals surface area contributed by atoms with E-state index in [2.05, 4.69) is 48.5 Å². The Morgan fingerprint density at radius 3 is 2.69 bits per heavy atom. The van der Waals surface area contributed by atoms with Crippen LogP contribution in [0.5, 0.6) is 0 Å². The van der Waals surface area contributed by atoms with Crippen molar-refractivity contribution in [3.05, 3.63) is 77.6 Å². The second-order valence-electron chi connectivity index (χ2n) is 7.84. The number of rotatable bonds is 5. The second kappa shape index (κ2) is 8.52. The van der Waals surface area contributed by atoms with Gasteiger partial charge in [0.25, 0.3) is 5.91 Å². The van der Waals surface area contributed by atoms with E-state index in [1.807, 2.05) is 40.0 Å². The molecular formula is C24H28N4O. The van der Waals surface area contributed by atoms with Gasteiger partial charge in [0.15, 0.2) is 0 Å². The average molecular weight is 389 g/mol. The zero-order chi connectivity index (χ0) is 20.2. The van der Waals surface area contributed by atoms with Crippen molar-refractivity contribution >= 4 is 11.6 Å². The van der Waals surface area contributed by atoms with Gasteiger partial charge in [-0.2, -0.15) is 5.10 Å². The molecule has 29 heavy (non-hydrogen) atoms. The van der Waals surface area contributed by atoms with E-state index in [1.54, 1.807) is 6.20 Å². The van der Waals surface area contributed by atoms with Gasteiger partial charge in [0, 0.05) is 42.8 Å². The van der Waals surface area contributed by atoms with Gasteiger partial charge in [-0.15, -0.1) is 0 Å². The van der Waals surface area contributed by atoms with Gasteiger partial charge in [-0.3, -0.25) is 4.79 Å². The summed E-state index contributed by atoms with van der Waals surface area (Å²) in [6.07, 6.45) is 7.13. The highest BCUT2D eigenvalue weighted by Crippen LogP contribution is 2.23. The van der Waals surface area contributed by atoms with Gasteiger partial charge in [0.1, 0.15) is 0 Å². The lowest BCUT2D eigenvalue weighted by atomic mass is 10.0. The molecule has 0 radical (unpaired) electrons. The van der Waals surface area contributed by atoms with Gasteiger partial charge >= 0.3 is 0 Å². The number of hydrogen-bond acceptors (Lipinski definition) is 3. The van der Waals surface area contributed by atoms with Crippen molar-refractivity contribution < 1.29 is 4.79 Å². The van der Waals surface area contributed by atoms with Gasteiger partial charge in [0.2, 0.25) is 0 Å². The van der Waals surface area contributed by atoms with Crippen LogP contribution in [0.2, 0.25) is 0 Å². The normalized spacial score (nSPS) is 16.6. The average Bonchev–Trinajstić information content (AvgIpc) is 3.28. The smallest absolute Gasteiger partial charge is 0.254 e. The number of likely N-dealkylation sites (tertiary alicyclic amines) is 1. The summed E-state index contributed by atoms with van der Waals surface area (Å²) < 4.78 is 1.85. The highest BCUT2D eigenvalue weighted by atomic mass is 16.2. The number of carbonyl (C=O) groups excluding carboxylic acids is 1. The molecule has 1 aromatic heterocycles. The Morgan fingerprint density at radius 2 is 2.00 bits per heavy atom. The largest absolute Gasteiger partial charge is 0.381 e. The fourth-order valence-electron chi connectivity index (χ4n) is 3.95. The third-order valence-electron chi connectivity index (χ3n) is 5.73. The Kier molecular flexibility index (Phi) is 5.65. The zero-order valence-corrected chi connectivity index (χ0v) is 17.1. The lowest BCUT2D eigenvalue weighted by molar-refractivity contribution is 0.0635. The zero-order valence-electron chi connectivity index (χ0n) is 17.1. The molecule has 1 fully saturated rings. The number of nitrogens with zero attached hydrogens (tertiary/aromatic N) is 3. The van der Waals surface area contributed by atoms with E-state index < -0.39 is 0 Å². The van der Waals surface area contributed by atoms with Crippen molar-refractivity contribution in [3.8, 4) is 5.69 Å². The number of benzene rings is 2. The molecule has 1 aliphatic rings. The quantitative estimate of drug-likeness (QED) is 0.682. The number of carbonyl (C=O) groups is 1. The standard InChI is InChI=1S/C24H28N4O/c1-18-16-21(24(29)27-14-4-3-6-19(27)2)9-12-23(18)25-17-20-7-10-22(11-8-20)28-15-5-13-26-28/h5,7-13,15-16,19,25H,3-4,6,14,17H2,1-2H3/t19-/m0/s1. The van der Waals surface area contributed by atoms with Crippen LogP contribution < -0.4 is 5.32 Å². The van der Waals surface area contributed by atoms with Crippen molar-refractivity contribution in [1.29, 1.82) is 0 Å². The van der Waals surface area contributed by atoms with Crippen molar-refractivity contribution in [2.24, 2.45) is 0 Å². The van der Waals surface area contributed by atoms with E-state index >= 15 is 0 Å². The summed E-state index contributed by atoms with van der Waals surface area (Å²) in [7, 11) is 0. The summed E-state index contributed by atoms with van der Waals surface area (Å²) >= 11 is 0. The Labute approximate surface area is 172 Å². The lowest BCUT2D eigenvalue weighted by Crippen LogP contribution is -2.42. The predicted octanol–water partition coefficient (Wildman–Crippen LogP) is 4.81. The maximum absolute atomic E-state index is 12.9. The molecule has 0 aliphatic carbocycles. The Morgan fingerprint density at radius 1 is 1.17 bits per heavy atom. The maximum Gasteiger partial charge on any atom is 0.254 e. The van der Waals surface area contributed by atoms with E-state index in [4.69, 9.17) is 0 Å². The summed E-state index contributed by atoms with van der Waals surface area (Å²) in [6, 6.07) is 16.6. The number of aryl methyl sites for hydroxylation is 1. The molecule has 1 N–H and O–H groups in total. The van der Waals surface area contributed by atoms with E-state index in [9.17, 15) is 4.79 Å². The number of nitrogens with one attached hydrogen (secondary N) is 1. The van der Waals surface area contributed by atoms with Crippen LogP contribution in [0.1, 0.15) is 47.7 Å². The molecule has 3 aromatic rings. The summed E-state index contributed by atoms with van der Waals surface area (Å²) in [6.45, 7) is 5.81. The third kappa shape index (κ3) is 4.34. The molecule has 1 saturated heterocycles. The molecule has 1 atom stereocenters. The number of anilines is 1. The molecular weight excluding hydrogens is 360 g/mol. The first-order valence-electron chi connectivity index (χ1n) is 10.4. The predicted molar refractivity (Wildman–Crippen MR) is 116 cm³/mol. The molecule has 0 unspecified atom stereocenters. The summed E-state index contributed by atoms with van der Waals surface area (Å²) in [5, 5.41) is 7.74. The highest BCUT2D eigenvalue weighted by molar-refractivity contribution is 5.95. The van der Waals surface area contributed by atoms with Crippen molar-refractivity contribution in [1.82, 2.24) is 14.7 Å². The molecule has 5 nitrogen and oxygen atoms in total. The first-order valence-corrected chi connectivity index (χ1v) is 10.4. The molecule has 4 rings (SSSR count). The first-order chi connectivity index (χ1) is 14.1. The molecule has 0 bridgehead atoms. The van der Waals surface area contributed by atoms with Crippen LogP contribution in [0.4, 0.5) is 5.69 Å². The van der Waals surface area contributed by atoms with Crippen LogP contribution in [-0.4, -0.2) is 33.2 Å². The number of aromatic nitrogens is 2. The molecule has 2 heterocycles. The Bertz CT molecular complexity index is 963. The van der Waals surface area contributed by atoms with Crippen LogP contribution in [0.15, 0.2) is 60.9 Å². The minimum atomic E-state index is 0.154. The monoisotopic (exact) mass is 388 g/mol. The summed E-state index contributed by atoms with van der Waals surface area (Å²) in [5.41, 5.74) is 5.18.